The summed E-state index contributed by atoms with van der Waals surface area (Å²) < 4.78 is 0. The summed E-state index contributed by atoms with van der Waals surface area (Å²) in [6.07, 6.45) is 7.13. The van der Waals surface area contributed by atoms with Crippen LogP contribution < -0.4 is 4.90 Å². The van der Waals surface area contributed by atoms with Crippen LogP contribution in [-0.2, 0) is 5.41 Å². The fourth-order valence-corrected chi connectivity index (χ4v) is 11.3. The Morgan fingerprint density at radius 1 is 0.429 bits per heavy atom. The Kier molecular flexibility index (Phi) is 5.91. The molecule has 236 valence electrons. The van der Waals surface area contributed by atoms with E-state index in [1.54, 1.807) is 11.1 Å². The van der Waals surface area contributed by atoms with Gasteiger partial charge >= 0.3 is 0 Å². The Labute approximate surface area is 288 Å². The first-order valence-electron chi connectivity index (χ1n) is 18.4. The molecule has 1 spiro atoms. The van der Waals surface area contributed by atoms with Crippen molar-refractivity contribution in [3.05, 3.63) is 163 Å². The number of rotatable bonds is 4. The van der Waals surface area contributed by atoms with Crippen molar-refractivity contribution in [2.75, 3.05) is 4.90 Å². The maximum atomic E-state index is 2.55. The number of fused-ring (bicyclic) bond motifs is 5. The van der Waals surface area contributed by atoms with Gasteiger partial charge in [-0.05, 0) is 142 Å². The molecule has 49 heavy (non-hydrogen) atoms. The van der Waals surface area contributed by atoms with Crippen molar-refractivity contribution in [3.8, 4) is 22.3 Å². The van der Waals surface area contributed by atoms with Gasteiger partial charge in [0.2, 0.25) is 0 Å². The minimum absolute atomic E-state index is 0.184. The predicted molar refractivity (Wildman–Crippen MR) is 205 cm³/mol. The van der Waals surface area contributed by atoms with Gasteiger partial charge in [0.05, 0.1) is 5.69 Å². The van der Waals surface area contributed by atoms with E-state index in [1.165, 1.54) is 93.0 Å². The van der Waals surface area contributed by atoms with Crippen LogP contribution in [0.2, 0.25) is 0 Å². The number of hydrogen-bond donors (Lipinski definition) is 0. The smallest absolute Gasteiger partial charge is 0.0540 e. The van der Waals surface area contributed by atoms with Crippen LogP contribution in [0.5, 0.6) is 0 Å². The van der Waals surface area contributed by atoms with E-state index in [9.17, 15) is 0 Å². The summed E-state index contributed by atoms with van der Waals surface area (Å²) in [5, 5.41) is 5.08. The van der Waals surface area contributed by atoms with E-state index in [2.05, 4.69) is 157 Å². The Morgan fingerprint density at radius 3 is 1.88 bits per heavy atom. The monoisotopic (exact) mass is 629 g/mol. The quantitative estimate of drug-likeness (QED) is 0.187. The van der Waals surface area contributed by atoms with Crippen molar-refractivity contribution in [3.63, 3.8) is 0 Å². The molecule has 0 unspecified atom stereocenters. The highest BCUT2D eigenvalue weighted by molar-refractivity contribution is 6.00. The van der Waals surface area contributed by atoms with Crippen molar-refractivity contribution in [2.24, 2.45) is 23.7 Å². The molecule has 7 aromatic rings. The largest absolute Gasteiger partial charge is 0.310 e. The lowest BCUT2D eigenvalue weighted by molar-refractivity contribution is -0.0399. The summed E-state index contributed by atoms with van der Waals surface area (Å²) in [6, 6.07) is 57.2. The first-order chi connectivity index (χ1) is 24.2. The number of hydrogen-bond acceptors (Lipinski definition) is 1. The lowest BCUT2D eigenvalue weighted by atomic mass is 9.43. The maximum absolute atomic E-state index is 2.55. The first kappa shape index (κ1) is 27.8. The summed E-state index contributed by atoms with van der Waals surface area (Å²) >= 11 is 0. The molecule has 5 aliphatic carbocycles. The Bertz CT molecular complexity index is 2380. The second-order valence-electron chi connectivity index (χ2n) is 15.4. The molecule has 4 fully saturated rings. The fourth-order valence-electron chi connectivity index (χ4n) is 11.3. The highest BCUT2D eigenvalue weighted by Gasteiger charge is 2.61. The summed E-state index contributed by atoms with van der Waals surface area (Å²) in [5.41, 5.74) is 12.4. The highest BCUT2D eigenvalue weighted by Crippen LogP contribution is 2.69. The van der Waals surface area contributed by atoms with E-state index in [0.717, 1.165) is 23.7 Å². The zero-order chi connectivity index (χ0) is 32.1. The number of anilines is 3. The van der Waals surface area contributed by atoms with Gasteiger partial charge in [-0.1, -0.05) is 115 Å². The molecule has 0 atom stereocenters. The SMILES string of the molecule is c1ccc2c(c1)-c1cc(N(c3ccc(-c4ccc5ccccc5c4)cc3)c3cccc4ccccc34)ccc1C21C2CC3CC(C2)CC1C3. The fraction of sp³-hybridized carbons (Fsp3) is 0.208. The molecule has 0 aromatic heterocycles. The Morgan fingerprint density at radius 2 is 1.06 bits per heavy atom. The van der Waals surface area contributed by atoms with Gasteiger partial charge in [-0.3, -0.25) is 0 Å². The van der Waals surface area contributed by atoms with Crippen molar-refractivity contribution in [1.29, 1.82) is 0 Å². The molecule has 12 rings (SSSR count). The molecular formula is C48H39N. The molecule has 4 bridgehead atoms. The molecule has 0 saturated heterocycles. The van der Waals surface area contributed by atoms with E-state index >= 15 is 0 Å². The van der Waals surface area contributed by atoms with Crippen LogP contribution in [0.3, 0.4) is 0 Å². The molecular weight excluding hydrogens is 591 g/mol. The standard InChI is InChI=1S/C48H39N/c1-2-10-36-29-37(17-16-33(36)8-1)34-18-20-40(21-19-34)49(47-15-7-11-35-9-3-4-12-42(35)47)41-22-23-46-44(30-41)43-13-5-6-14-45(43)48(46)38-25-31-24-32(27-38)28-39(48)26-31/h1-23,29-32,38-39H,24-28H2. The predicted octanol–water partition coefficient (Wildman–Crippen LogP) is 12.9. The average molecular weight is 630 g/mol. The van der Waals surface area contributed by atoms with Crippen LogP contribution in [0.4, 0.5) is 17.1 Å². The van der Waals surface area contributed by atoms with E-state index in [4.69, 9.17) is 0 Å². The number of benzene rings is 7. The third-order valence-electron chi connectivity index (χ3n) is 13.0. The minimum Gasteiger partial charge on any atom is -0.310 e. The van der Waals surface area contributed by atoms with Crippen molar-refractivity contribution >= 4 is 38.6 Å². The van der Waals surface area contributed by atoms with Crippen LogP contribution in [0.1, 0.15) is 43.2 Å². The lowest BCUT2D eigenvalue weighted by Crippen LogP contribution is -2.55. The minimum atomic E-state index is 0.184. The van der Waals surface area contributed by atoms with Gasteiger partial charge in [0.1, 0.15) is 0 Å². The summed E-state index contributed by atoms with van der Waals surface area (Å²) in [5.74, 6) is 3.44. The van der Waals surface area contributed by atoms with E-state index < -0.39 is 0 Å². The second-order valence-corrected chi connectivity index (χ2v) is 15.4. The van der Waals surface area contributed by atoms with Crippen molar-refractivity contribution < 1.29 is 0 Å². The molecule has 1 nitrogen and oxygen atoms in total. The van der Waals surface area contributed by atoms with Gasteiger partial charge in [0, 0.05) is 22.2 Å². The van der Waals surface area contributed by atoms with Crippen LogP contribution in [0.25, 0.3) is 43.8 Å². The van der Waals surface area contributed by atoms with Crippen molar-refractivity contribution in [1.82, 2.24) is 0 Å². The normalized spacial score (nSPS) is 24.4. The Balaban J connectivity index is 1.08. The molecule has 7 aromatic carbocycles. The van der Waals surface area contributed by atoms with Gasteiger partial charge in [0.15, 0.2) is 0 Å². The topological polar surface area (TPSA) is 3.24 Å². The summed E-state index contributed by atoms with van der Waals surface area (Å²) in [4.78, 5) is 2.50. The molecule has 5 aliphatic rings. The van der Waals surface area contributed by atoms with Gasteiger partial charge in [0.25, 0.3) is 0 Å². The van der Waals surface area contributed by atoms with E-state index in [1.807, 2.05) is 0 Å². The average Bonchev–Trinajstić information content (AvgIpc) is 3.44. The van der Waals surface area contributed by atoms with Crippen molar-refractivity contribution in [2.45, 2.75) is 37.5 Å². The maximum Gasteiger partial charge on any atom is 0.0540 e. The van der Waals surface area contributed by atoms with E-state index in [-0.39, 0.29) is 5.41 Å². The van der Waals surface area contributed by atoms with E-state index in [0.29, 0.717) is 0 Å². The molecule has 1 heteroatoms. The Hall–Kier alpha value is -5.14. The molecule has 0 heterocycles. The van der Waals surface area contributed by atoms with Gasteiger partial charge in [-0.15, -0.1) is 0 Å². The summed E-state index contributed by atoms with van der Waals surface area (Å²) in [6.45, 7) is 0. The highest BCUT2D eigenvalue weighted by atomic mass is 15.1. The summed E-state index contributed by atoms with van der Waals surface area (Å²) in [7, 11) is 0. The molecule has 0 radical (unpaired) electrons. The van der Waals surface area contributed by atoms with Crippen LogP contribution in [0.15, 0.2) is 152 Å². The number of nitrogens with zero attached hydrogens (tertiary/aromatic N) is 1. The third kappa shape index (κ3) is 3.99. The zero-order valence-electron chi connectivity index (χ0n) is 27.7. The van der Waals surface area contributed by atoms with Gasteiger partial charge in [-0.2, -0.15) is 0 Å². The first-order valence-corrected chi connectivity index (χ1v) is 18.4. The molecule has 0 N–H and O–H groups in total. The lowest BCUT2D eigenvalue weighted by Gasteiger charge is -2.61. The van der Waals surface area contributed by atoms with Gasteiger partial charge < -0.3 is 4.90 Å². The molecule has 0 amide bonds. The van der Waals surface area contributed by atoms with Crippen LogP contribution >= 0.6 is 0 Å². The molecule has 4 saturated carbocycles. The van der Waals surface area contributed by atoms with Crippen LogP contribution in [-0.4, -0.2) is 0 Å². The van der Waals surface area contributed by atoms with Crippen LogP contribution in [0, 0.1) is 23.7 Å². The zero-order valence-corrected chi connectivity index (χ0v) is 27.7. The second kappa shape index (κ2) is 10.4. The van der Waals surface area contributed by atoms with Gasteiger partial charge in [-0.25, -0.2) is 0 Å². The third-order valence-corrected chi connectivity index (χ3v) is 13.0. The molecule has 0 aliphatic heterocycles.